The van der Waals surface area contributed by atoms with E-state index in [1.165, 1.54) is 12.1 Å². The standard InChI is InChI=1S/C29H29FN4OS/c1-29(25-15-22(18-36-25)21-5-3-4-19(14-21)17-31)16-26(32)33(2)28(35)27(29)20-10-12-34(13-11-20)24-8-6-23(30)7-9-24/h3-9,14-16,18,20,27H,10-13,32H2,1-2H3/t27-,29+/m0/s1. The van der Waals surface area contributed by atoms with Crippen LogP contribution in [0.4, 0.5) is 10.1 Å². The highest BCUT2D eigenvalue weighted by Crippen LogP contribution is 2.48. The number of benzene rings is 2. The van der Waals surface area contributed by atoms with Gasteiger partial charge in [0.1, 0.15) is 11.6 Å². The summed E-state index contributed by atoms with van der Waals surface area (Å²) in [5.74, 6) is 0.253. The molecule has 184 valence electrons. The highest BCUT2D eigenvalue weighted by molar-refractivity contribution is 7.10. The third kappa shape index (κ3) is 4.27. The molecule has 3 heterocycles. The fourth-order valence-corrected chi connectivity index (χ4v) is 6.78. The second kappa shape index (κ2) is 9.44. The van der Waals surface area contributed by atoms with Gasteiger partial charge in [-0.2, -0.15) is 5.26 Å². The van der Waals surface area contributed by atoms with Crippen LogP contribution >= 0.6 is 11.3 Å². The van der Waals surface area contributed by atoms with Crippen molar-refractivity contribution in [1.82, 2.24) is 4.90 Å². The van der Waals surface area contributed by atoms with Crippen LogP contribution in [-0.4, -0.2) is 30.9 Å². The lowest BCUT2D eigenvalue weighted by molar-refractivity contribution is -0.138. The maximum absolute atomic E-state index is 13.7. The Balaban J connectivity index is 1.45. The first-order chi connectivity index (χ1) is 17.3. The van der Waals surface area contributed by atoms with Gasteiger partial charge in [0.15, 0.2) is 0 Å². The third-order valence-corrected chi connectivity index (χ3v) is 8.92. The summed E-state index contributed by atoms with van der Waals surface area (Å²) >= 11 is 1.64. The molecule has 36 heavy (non-hydrogen) atoms. The van der Waals surface area contributed by atoms with Crippen molar-refractivity contribution in [1.29, 1.82) is 5.26 Å². The van der Waals surface area contributed by atoms with Gasteiger partial charge < -0.3 is 15.5 Å². The Labute approximate surface area is 215 Å². The van der Waals surface area contributed by atoms with E-state index < -0.39 is 5.41 Å². The number of piperidine rings is 1. The summed E-state index contributed by atoms with van der Waals surface area (Å²) in [5, 5.41) is 11.4. The number of allylic oxidation sites excluding steroid dienone is 1. The summed E-state index contributed by atoms with van der Waals surface area (Å²) < 4.78 is 13.4. The van der Waals surface area contributed by atoms with Gasteiger partial charge in [-0.05, 0) is 83.8 Å². The molecule has 1 aromatic heterocycles. The number of amides is 1. The van der Waals surface area contributed by atoms with E-state index >= 15 is 0 Å². The molecule has 0 spiro atoms. The zero-order valence-electron chi connectivity index (χ0n) is 20.4. The minimum Gasteiger partial charge on any atom is -0.385 e. The molecule has 0 saturated carbocycles. The normalized spacial score (nSPS) is 22.9. The first-order valence-corrected chi connectivity index (χ1v) is 13.0. The van der Waals surface area contributed by atoms with Crippen molar-refractivity contribution in [2.24, 2.45) is 17.6 Å². The van der Waals surface area contributed by atoms with E-state index in [0.29, 0.717) is 11.4 Å². The van der Waals surface area contributed by atoms with Crippen molar-refractivity contribution >= 4 is 22.9 Å². The maximum atomic E-state index is 13.7. The molecule has 1 fully saturated rings. The molecule has 0 radical (unpaired) electrons. The van der Waals surface area contributed by atoms with Gasteiger partial charge >= 0.3 is 0 Å². The summed E-state index contributed by atoms with van der Waals surface area (Å²) in [6.45, 7) is 3.76. The maximum Gasteiger partial charge on any atom is 0.232 e. The van der Waals surface area contributed by atoms with Gasteiger partial charge in [0.2, 0.25) is 5.91 Å². The second-order valence-corrected chi connectivity index (χ2v) is 10.8. The Morgan fingerprint density at radius 2 is 1.83 bits per heavy atom. The average molecular weight is 501 g/mol. The topological polar surface area (TPSA) is 73.4 Å². The molecule has 2 N–H and O–H groups in total. The van der Waals surface area contributed by atoms with Crippen molar-refractivity contribution in [2.45, 2.75) is 25.2 Å². The molecule has 1 amide bonds. The summed E-state index contributed by atoms with van der Waals surface area (Å²) in [6, 6.07) is 18.5. The summed E-state index contributed by atoms with van der Waals surface area (Å²) in [7, 11) is 1.75. The minimum atomic E-state index is -0.536. The van der Waals surface area contributed by atoms with Gasteiger partial charge in [0.05, 0.1) is 17.6 Å². The van der Waals surface area contributed by atoms with Crippen LogP contribution in [-0.2, 0) is 10.2 Å². The Kier molecular flexibility index (Phi) is 6.31. The first-order valence-electron chi connectivity index (χ1n) is 12.2. The van der Waals surface area contributed by atoms with Crippen LogP contribution < -0.4 is 10.6 Å². The Morgan fingerprint density at radius 3 is 2.53 bits per heavy atom. The zero-order chi connectivity index (χ0) is 25.4. The first kappa shape index (κ1) is 24.1. The molecular weight excluding hydrogens is 471 g/mol. The molecule has 0 aliphatic carbocycles. The number of nitrogens with two attached hydrogens (primary N) is 1. The van der Waals surface area contributed by atoms with Crippen LogP contribution in [0.5, 0.6) is 0 Å². The predicted octanol–water partition coefficient (Wildman–Crippen LogP) is 5.49. The molecule has 2 atom stereocenters. The molecule has 3 aromatic rings. The van der Waals surface area contributed by atoms with Crippen molar-refractivity contribution in [3.8, 4) is 17.2 Å². The molecule has 1 saturated heterocycles. The van der Waals surface area contributed by atoms with Gasteiger partial charge in [-0.25, -0.2) is 4.39 Å². The van der Waals surface area contributed by atoms with Crippen LogP contribution in [0.2, 0.25) is 0 Å². The van der Waals surface area contributed by atoms with E-state index in [0.717, 1.165) is 47.6 Å². The molecule has 5 nitrogen and oxygen atoms in total. The Bertz CT molecular complexity index is 1350. The monoisotopic (exact) mass is 500 g/mol. The fraction of sp³-hybridized carbons (Fsp3) is 0.310. The van der Waals surface area contributed by atoms with Gasteiger partial charge in [0, 0.05) is 36.1 Å². The third-order valence-electron chi connectivity index (χ3n) is 7.74. The molecule has 2 aliphatic heterocycles. The molecule has 7 heteroatoms. The van der Waals surface area contributed by atoms with Crippen LogP contribution in [0.3, 0.4) is 0 Å². The SMILES string of the molecule is CN1C(=O)[C@H](C2CCN(c3ccc(F)cc3)CC2)[C@@](C)(c2cc(-c3cccc(C#N)c3)cs2)C=C1N. The number of hydrogen-bond donors (Lipinski definition) is 1. The number of nitrogens with zero attached hydrogens (tertiary/aromatic N) is 3. The number of nitriles is 1. The van der Waals surface area contributed by atoms with Gasteiger partial charge in [-0.3, -0.25) is 4.79 Å². The van der Waals surface area contributed by atoms with Crippen LogP contribution in [0.25, 0.3) is 11.1 Å². The highest BCUT2D eigenvalue weighted by Gasteiger charge is 2.49. The number of hydrogen-bond acceptors (Lipinski definition) is 5. The van der Waals surface area contributed by atoms with Gasteiger partial charge in [-0.1, -0.05) is 19.1 Å². The average Bonchev–Trinajstić information content (AvgIpc) is 3.40. The number of carbonyl (C=O) groups is 1. The summed E-state index contributed by atoms with van der Waals surface area (Å²) in [5.41, 5.74) is 9.46. The lowest BCUT2D eigenvalue weighted by atomic mass is 9.64. The van der Waals surface area contributed by atoms with Crippen molar-refractivity contribution in [3.63, 3.8) is 0 Å². The summed E-state index contributed by atoms with van der Waals surface area (Å²) in [4.78, 5) is 18.6. The van der Waals surface area contributed by atoms with E-state index in [1.54, 1.807) is 29.4 Å². The predicted molar refractivity (Wildman–Crippen MR) is 142 cm³/mol. The Morgan fingerprint density at radius 1 is 1.11 bits per heavy atom. The van der Waals surface area contributed by atoms with E-state index in [1.807, 2.05) is 36.4 Å². The lowest BCUT2D eigenvalue weighted by Gasteiger charge is -2.47. The molecule has 0 unspecified atom stereocenters. The van der Waals surface area contributed by atoms with Crippen LogP contribution in [0.15, 0.2) is 71.9 Å². The van der Waals surface area contributed by atoms with Crippen LogP contribution in [0.1, 0.15) is 30.2 Å². The highest BCUT2D eigenvalue weighted by atomic mass is 32.1. The fourth-order valence-electron chi connectivity index (χ4n) is 5.68. The zero-order valence-corrected chi connectivity index (χ0v) is 21.3. The molecule has 2 aliphatic rings. The van der Waals surface area contributed by atoms with Crippen molar-refractivity contribution < 1.29 is 9.18 Å². The Hall–Kier alpha value is -3.63. The lowest BCUT2D eigenvalue weighted by Crippen LogP contribution is -2.53. The quantitative estimate of drug-likeness (QED) is 0.514. The van der Waals surface area contributed by atoms with Crippen molar-refractivity contribution in [3.05, 3.63) is 88.1 Å². The largest absolute Gasteiger partial charge is 0.385 e. The molecule has 5 rings (SSSR count). The molecule has 0 bridgehead atoms. The number of rotatable bonds is 4. The molecular formula is C29H29FN4OS. The smallest absolute Gasteiger partial charge is 0.232 e. The number of anilines is 1. The minimum absolute atomic E-state index is 0.0548. The van der Waals surface area contributed by atoms with E-state index in [2.05, 4.69) is 29.3 Å². The number of halogens is 1. The van der Waals surface area contributed by atoms with Crippen molar-refractivity contribution in [2.75, 3.05) is 25.0 Å². The molecule has 2 aromatic carbocycles. The number of thiophene rings is 1. The number of carbonyl (C=O) groups excluding carboxylic acids is 1. The second-order valence-electron chi connectivity index (χ2n) is 9.92. The summed E-state index contributed by atoms with van der Waals surface area (Å²) in [6.07, 6.45) is 3.79. The van der Waals surface area contributed by atoms with E-state index in [9.17, 15) is 14.4 Å². The van der Waals surface area contributed by atoms with Gasteiger partial charge in [-0.15, -0.1) is 11.3 Å². The van der Waals surface area contributed by atoms with Crippen LogP contribution in [0, 0.1) is 29.0 Å². The van der Waals surface area contributed by atoms with Gasteiger partial charge in [0.25, 0.3) is 0 Å². The van der Waals surface area contributed by atoms with E-state index in [4.69, 9.17) is 5.73 Å². The van der Waals surface area contributed by atoms with E-state index in [-0.39, 0.29) is 23.6 Å².